The average Bonchev–Trinajstić information content (AvgIpc) is 3.40. The number of anilines is 1. The Morgan fingerprint density at radius 2 is 1.94 bits per heavy atom. The number of aromatic nitrogens is 2. The minimum Gasteiger partial charge on any atom is -0.478 e. The molecule has 1 amide bonds. The minimum atomic E-state index is -1.13. The van der Waals surface area contributed by atoms with E-state index in [9.17, 15) is 23.5 Å². The molecule has 0 atom stereocenters. The summed E-state index contributed by atoms with van der Waals surface area (Å²) in [5.41, 5.74) is 1.27. The molecule has 4 rings (SSSR count). The van der Waals surface area contributed by atoms with Gasteiger partial charge in [-0.2, -0.15) is 5.10 Å². The summed E-state index contributed by atoms with van der Waals surface area (Å²) >= 11 is 0. The molecular weight excluding hydrogens is 428 g/mol. The predicted molar refractivity (Wildman–Crippen MR) is 120 cm³/mol. The van der Waals surface area contributed by atoms with E-state index in [2.05, 4.69) is 24.3 Å². The molecule has 8 heteroatoms. The lowest BCUT2D eigenvalue weighted by atomic mass is 9.93. The SMILES string of the molecule is Cc1cc(NC(=O)C2(c3ccc(F)cc3F)CC2)cc(C(=O)O)c1-c1cnn(CC(C)C)c1. The smallest absolute Gasteiger partial charge is 0.336 e. The molecule has 33 heavy (non-hydrogen) atoms. The van der Waals surface area contributed by atoms with Gasteiger partial charge in [-0.15, -0.1) is 0 Å². The first kappa shape index (κ1) is 22.6. The maximum Gasteiger partial charge on any atom is 0.336 e. The van der Waals surface area contributed by atoms with Crippen LogP contribution < -0.4 is 5.32 Å². The topological polar surface area (TPSA) is 84.2 Å². The van der Waals surface area contributed by atoms with Gasteiger partial charge in [0, 0.05) is 41.2 Å². The number of hydrogen-bond acceptors (Lipinski definition) is 3. The zero-order valence-corrected chi connectivity index (χ0v) is 18.7. The molecule has 0 aliphatic heterocycles. The average molecular weight is 453 g/mol. The Bertz CT molecular complexity index is 1250. The molecule has 1 saturated carbocycles. The van der Waals surface area contributed by atoms with Crippen molar-refractivity contribution in [3.63, 3.8) is 0 Å². The second-order valence-electron chi connectivity index (χ2n) is 9.03. The number of nitrogens with one attached hydrogen (secondary N) is 1. The van der Waals surface area contributed by atoms with E-state index in [0.717, 1.165) is 12.1 Å². The molecule has 0 bridgehead atoms. The van der Waals surface area contributed by atoms with E-state index < -0.39 is 28.9 Å². The van der Waals surface area contributed by atoms with Gasteiger partial charge in [-0.1, -0.05) is 19.9 Å². The molecule has 0 spiro atoms. The van der Waals surface area contributed by atoms with E-state index in [1.807, 2.05) is 6.20 Å². The first-order chi connectivity index (χ1) is 15.6. The molecular formula is C25H25F2N3O3. The van der Waals surface area contributed by atoms with Crippen LogP contribution in [0.4, 0.5) is 14.5 Å². The highest BCUT2D eigenvalue weighted by molar-refractivity contribution is 6.04. The Morgan fingerprint density at radius 1 is 1.21 bits per heavy atom. The molecule has 1 aromatic heterocycles. The van der Waals surface area contributed by atoms with Gasteiger partial charge in [0.1, 0.15) is 11.6 Å². The van der Waals surface area contributed by atoms with E-state index >= 15 is 0 Å². The Labute approximate surface area is 190 Å². The fourth-order valence-corrected chi connectivity index (χ4v) is 4.25. The lowest BCUT2D eigenvalue weighted by molar-refractivity contribution is -0.118. The van der Waals surface area contributed by atoms with Crippen LogP contribution >= 0.6 is 0 Å². The summed E-state index contributed by atoms with van der Waals surface area (Å²) in [5.74, 6) is -2.66. The van der Waals surface area contributed by atoms with E-state index in [4.69, 9.17) is 0 Å². The molecule has 2 N–H and O–H groups in total. The molecule has 172 valence electrons. The number of hydrogen-bond donors (Lipinski definition) is 2. The monoisotopic (exact) mass is 453 g/mol. The first-order valence-electron chi connectivity index (χ1n) is 10.8. The summed E-state index contributed by atoms with van der Waals surface area (Å²) in [5, 5.41) is 16.9. The van der Waals surface area contributed by atoms with E-state index in [1.54, 1.807) is 23.9 Å². The van der Waals surface area contributed by atoms with Crippen molar-refractivity contribution in [1.82, 2.24) is 9.78 Å². The third-order valence-corrected chi connectivity index (χ3v) is 5.93. The third-order valence-electron chi connectivity index (χ3n) is 5.93. The molecule has 1 heterocycles. The number of carbonyl (C=O) groups excluding carboxylic acids is 1. The number of nitrogens with zero attached hydrogens (tertiary/aromatic N) is 2. The minimum absolute atomic E-state index is 0.0345. The summed E-state index contributed by atoms with van der Waals surface area (Å²) in [7, 11) is 0. The van der Waals surface area contributed by atoms with Crippen molar-refractivity contribution < 1.29 is 23.5 Å². The fraction of sp³-hybridized carbons (Fsp3) is 0.320. The standard InChI is InChI=1S/C25H25F2N3O3/c1-14(2)12-30-13-16(11-28-30)22-15(3)8-18(10-19(22)23(31)32)29-24(33)25(6-7-25)20-5-4-17(26)9-21(20)27/h4-5,8-11,13-14H,6-7,12H2,1-3H3,(H,29,33)(H,31,32). The zero-order valence-electron chi connectivity index (χ0n) is 18.7. The molecule has 0 saturated heterocycles. The van der Waals surface area contributed by atoms with Gasteiger partial charge in [0.2, 0.25) is 5.91 Å². The molecule has 1 aliphatic carbocycles. The van der Waals surface area contributed by atoms with Gasteiger partial charge in [0.15, 0.2) is 0 Å². The van der Waals surface area contributed by atoms with Crippen molar-refractivity contribution in [3.05, 3.63) is 71.1 Å². The first-order valence-corrected chi connectivity index (χ1v) is 10.8. The van der Waals surface area contributed by atoms with Crippen molar-refractivity contribution in [1.29, 1.82) is 0 Å². The van der Waals surface area contributed by atoms with E-state index in [0.29, 0.717) is 47.7 Å². The number of carboxylic acids is 1. The highest BCUT2D eigenvalue weighted by Crippen LogP contribution is 2.50. The van der Waals surface area contributed by atoms with E-state index in [1.165, 1.54) is 12.1 Å². The van der Waals surface area contributed by atoms with Crippen LogP contribution in [-0.4, -0.2) is 26.8 Å². The molecule has 6 nitrogen and oxygen atoms in total. The normalized spacial score (nSPS) is 14.4. The summed E-state index contributed by atoms with van der Waals surface area (Å²) in [4.78, 5) is 25.1. The molecule has 1 aliphatic rings. The van der Waals surface area contributed by atoms with Crippen molar-refractivity contribution in [2.24, 2.45) is 5.92 Å². The Morgan fingerprint density at radius 3 is 2.55 bits per heavy atom. The van der Waals surface area contributed by atoms with E-state index in [-0.39, 0.29) is 11.1 Å². The summed E-state index contributed by atoms with van der Waals surface area (Å²) < 4.78 is 29.4. The van der Waals surface area contributed by atoms with Crippen LogP contribution in [0.25, 0.3) is 11.1 Å². The van der Waals surface area contributed by atoms with Crippen LogP contribution in [-0.2, 0) is 16.8 Å². The van der Waals surface area contributed by atoms with Gasteiger partial charge in [0.05, 0.1) is 17.2 Å². The number of amides is 1. The number of rotatable bonds is 7. The highest BCUT2D eigenvalue weighted by Gasteiger charge is 2.52. The van der Waals surface area contributed by atoms with Gasteiger partial charge < -0.3 is 10.4 Å². The molecule has 1 fully saturated rings. The third kappa shape index (κ3) is 4.37. The maximum atomic E-state index is 14.3. The zero-order chi connectivity index (χ0) is 23.9. The van der Waals surface area contributed by atoms with Crippen molar-refractivity contribution in [2.75, 3.05) is 5.32 Å². The van der Waals surface area contributed by atoms with Gasteiger partial charge in [0.25, 0.3) is 0 Å². The Balaban J connectivity index is 1.65. The molecule has 0 unspecified atom stereocenters. The van der Waals surface area contributed by atoms with Gasteiger partial charge >= 0.3 is 5.97 Å². The van der Waals surface area contributed by atoms with Crippen molar-refractivity contribution in [3.8, 4) is 11.1 Å². The van der Waals surface area contributed by atoms with Crippen LogP contribution in [0.5, 0.6) is 0 Å². The van der Waals surface area contributed by atoms with Gasteiger partial charge in [-0.25, -0.2) is 13.6 Å². The number of benzene rings is 2. The second-order valence-corrected chi connectivity index (χ2v) is 9.03. The summed E-state index contributed by atoms with van der Waals surface area (Å²) in [6.45, 7) is 6.61. The molecule has 3 aromatic rings. The fourth-order valence-electron chi connectivity index (χ4n) is 4.25. The molecule has 2 aromatic carbocycles. The Kier molecular flexibility index (Phi) is 5.78. The molecule has 0 radical (unpaired) electrons. The number of carboxylic acid groups (broad SMARTS) is 1. The van der Waals surface area contributed by atoms with Crippen LogP contribution in [0.2, 0.25) is 0 Å². The second kappa shape index (κ2) is 8.42. The van der Waals surface area contributed by atoms with Crippen molar-refractivity contribution in [2.45, 2.75) is 45.6 Å². The van der Waals surface area contributed by atoms with Gasteiger partial charge in [-0.05, 0) is 49.4 Å². The van der Waals surface area contributed by atoms with Gasteiger partial charge in [-0.3, -0.25) is 9.48 Å². The van der Waals surface area contributed by atoms with Crippen LogP contribution in [0.15, 0.2) is 42.7 Å². The van der Waals surface area contributed by atoms with Crippen LogP contribution in [0.3, 0.4) is 0 Å². The number of aromatic carboxylic acids is 1. The quantitative estimate of drug-likeness (QED) is 0.518. The lowest BCUT2D eigenvalue weighted by Gasteiger charge is -2.18. The predicted octanol–water partition coefficient (Wildman–Crippen LogP) is 5.16. The Hall–Kier alpha value is -3.55. The largest absolute Gasteiger partial charge is 0.478 e. The summed E-state index contributed by atoms with van der Waals surface area (Å²) in [6, 6.07) is 6.29. The van der Waals surface area contributed by atoms with Crippen LogP contribution in [0.1, 0.15) is 48.2 Å². The van der Waals surface area contributed by atoms with Crippen LogP contribution in [0, 0.1) is 24.5 Å². The van der Waals surface area contributed by atoms with Crippen molar-refractivity contribution >= 4 is 17.6 Å². The highest BCUT2D eigenvalue weighted by atomic mass is 19.1. The number of aryl methyl sites for hydroxylation is 1. The summed E-state index contributed by atoms with van der Waals surface area (Å²) in [6.07, 6.45) is 4.30. The number of halogens is 2. The maximum absolute atomic E-state index is 14.3. The lowest BCUT2D eigenvalue weighted by Crippen LogP contribution is -2.29. The number of carbonyl (C=O) groups is 2.